The van der Waals surface area contributed by atoms with Gasteiger partial charge in [0.15, 0.2) is 6.61 Å². The van der Waals surface area contributed by atoms with Gasteiger partial charge in [0.05, 0.1) is 5.56 Å². The van der Waals surface area contributed by atoms with E-state index in [9.17, 15) is 9.59 Å². The van der Waals surface area contributed by atoms with Gasteiger partial charge in [0, 0.05) is 32.9 Å². The van der Waals surface area contributed by atoms with Gasteiger partial charge in [-0.05, 0) is 42.5 Å². The minimum atomic E-state index is -0.457. The molecule has 23 heavy (non-hydrogen) atoms. The van der Waals surface area contributed by atoms with Gasteiger partial charge in [0.1, 0.15) is 0 Å². The number of likely N-dealkylation sites (tertiary alicyclic amines) is 1. The Bertz CT molecular complexity index is 544. The second kappa shape index (κ2) is 7.49. The quantitative estimate of drug-likeness (QED) is 0.800. The predicted octanol–water partition coefficient (Wildman–Crippen LogP) is 2.41. The van der Waals surface area contributed by atoms with Gasteiger partial charge in [-0.2, -0.15) is 0 Å². The minimum Gasteiger partial charge on any atom is -0.452 e. The van der Waals surface area contributed by atoms with Crippen LogP contribution in [-0.4, -0.2) is 50.6 Å². The number of carbonyl (C=O) groups excluding carboxylic acids is 2. The Kier molecular flexibility index (Phi) is 5.64. The molecule has 0 bridgehead atoms. The van der Waals surface area contributed by atoms with Crippen LogP contribution >= 0.6 is 0 Å². The van der Waals surface area contributed by atoms with E-state index >= 15 is 0 Å². The van der Waals surface area contributed by atoms with Crippen LogP contribution in [0.3, 0.4) is 0 Å². The van der Waals surface area contributed by atoms with Crippen molar-refractivity contribution in [3.05, 3.63) is 29.8 Å². The van der Waals surface area contributed by atoms with Crippen LogP contribution in [0.15, 0.2) is 24.3 Å². The molecule has 1 heterocycles. The zero-order valence-corrected chi connectivity index (χ0v) is 14.4. The molecule has 0 aliphatic carbocycles. The fraction of sp³-hybridized carbons (Fsp3) is 0.556. The highest BCUT2D eigenvalue weighted by Crippen LogP contribution is 2.21. The smallest absolute Gasteiger partial charge is 0.338 e. The number of nitrogens with zero attached hydrogens (tertiary/aromatic N) is 2. The van der Waals surface area contributed by atoms with Gasteiger partial charge in [-0.1, -0.05) is 13.8 Å². The number of ether oxygens (including phenoxy) is 1. The molecule has 1 aromatic rings. The van der Waals surface area contributed by atoms with E-state index in [2.05, 4.69) is 13.8 Å². The van der Waals surface area contributed by atoms with E-state index < -0.39 is 5.97 Å². The maximum Gasteiger partial charge on any atom is 0.338 e. The molecule has 5 heteroatoms. The Balaban J connectivity index is 1.87. The van der Waals surface area contributed by atoms with Crippen LogP contribution in [0.5, 0.6) is 0 Å². The second-order valence-electron chi connectivity index (χ2n) is 6.76. The summed E-state index contributed by atoms with van der Waals surface area (Å²) < 4.78 is 5.17. The number of rotatable bonds is 4. The molecule has 2 atom stereocenters. The summed E-state index contributed by atoms with van der Waals surface area (Å²) in [7, 11) is 3.87. The zero-order valence-electron chi connectivity index (χ0n) is 14.4. The lowest BCUT2D eigenvalue weighted by atomic mass is 9.92. The van der Waals surface area contributed by atoms with Gasteiger partial charge >= 0.3 is 5.97 Å². The van der Waals surface area contributed by atoms with E-state index in [4.69, 9.17) is 4.74 Å². The molecule has 0 unspecified atom stereocenters. The van der Waals surface area contributed by atoms with Crippen LogP contribution in [0.25, 0.3) is 0 Å². The van der Waals surface area contributed by atoms with E-state index in [0.717, 1.165) is 25.2 Å². The fourth-order valence-electron chi connectivity index (χ4n) is 3.06. The molecule has 1 aliphatic heterocycles. The monoisotopic (exact) mass is 318 g/mol. The largest absolute Gasteiger partial charge is 0.452 e. The number of carbonyl (C=O) groups is 2. The average Bonchev–Trinajstić information content (AvgIpc) is 2.51. The van der Waals surface area contributed by atoms with Crippen LogP contribution in [0.2, 0.25) is 0 Å². The summed E-state index contributed by atoms with van der Waals surface area (Å²) in [6, 6.07) is 7.14. The number of piperidine rings is 1. The molecule has 126 valence electrons. The molecule has 2 rings (SSSR count). The van der Waals surface area contributed by atoms with Gasteiger partial charge < -0.3 is 14.5 Å². The van der Waals surface area contributed by atoms with E-state index in [1.807, 2.05) is 31.1 Å². The highest BCUT2D eigenvalue weighted by Gasteiger charge is 2.26. The molecule has 0 aromatic heterocycles. The molecule has 5 nitrogen and oxygen atoms in total. The maximum atomic E-state index is 12.2. The van der Waals surface area contributed by atoms with Crippen molar-refractivity contribution in [2.24, 2.45) is 11.8 Å². The Morgan fingerprint density at radius 3 is 2.22 bits per heavy atom. The average molecular weight is 318 g/mol. The molecular formula is C18H26N2O3. The van der Waals surface area contributed by atoms with Gasteiger partial charge in [-0.3, -0.25) is 4.79 Å². The van der Waals surface area contributed by atoms with Crippen molar-refractivity contribution in [1.82, 2.24) is 4.90 Å². The molecule has 0 N–H and O–H groups in total. The fourth-order valence-corrected chi connectivity index (χ4v) is 3.06. The van der Waals surface area contributed by atoms with E-state index in [-0.39, 0.29) is 12.5 Å². The summed E-state index contributed by atoms with van der Waals surface area (Å²) in [6.07, 6.45) is 1.14. The highest BCUT2D eigenvalue weighted by atomic mass is 16.5. The third-order valence-corrected chi connectivity index (χ3v) is 4.17. The lowest BCUT2D eigenvalue weighted by Crippen LogP contribution is -2.44. The molecule has 0 radical (unpaired) electrons. The second-order valence-corrected chi connectivity index (χ2v) is 6.76. The van der Waals surface area contributed by atoms with Gasteiger partial charge in [0.2, 0.25) is 0 Å². The number of esters is 1. The SMILES string of the molecule is C[C@H]1C[C@H](C)CN(C(=O)COC(=O)c2ccc(N(C)C)cc2)C1. The Hall–Kier alpha value is -2.04. The standard InChI is InChI=1S/C18H26N2O3/c1-13-9-14(2)11-20(10-13)17(21)12-23-18(22)15-5-7-16(8-6-15)19(3)4/h5-8,13-14H,9-12H2,1-4H3/t13-,14-/m0/s1. The summed E-state index contributed by atoms with van der Waals surface area (Å²) in [6.45, 7) is 5.60. The number of hydrogen-bond donors (Lipinski definition) is 0. The summed E-state index contributed by atoms with van der Waals surface area (Å²) in [5.41, 5.74) is 1.47. The van der Waals surface area contributed by atoms with Gasteiger partial charge in [-0.15, -0.1) is 0 Å². The Labute approximate surface area is 138 Å². The van der Waals surface area contributed by atoms with Crippen molar-refractivity contribution in [3.8, 4) is 0 Å². The first-order valence-corrected chi connectivity index (χ1v) is 8.09. The van der Waals surface area contributed by atoms with Gasteiger partial charge in [0.25, 0.3) is 5.91 Å². The molecule has 1 aliphatic rings. The summed E-state index contributed by atoms with van der Waals surface area (Å²) in [4.78, 5) is 28.0. The topological polar surface area (TPSA) is 49.9 Å². The van der Waals surface area contributed by atoms with Crippen molar-refractivity contribution in [2.75, 3.05) is 38.7 Å². The summed E-state index contributed by atoms with van der Waals surface area (Å²) >= 11 is 0. The number of anilines is 1. The third kappa shape index (κ3) is 4.71. The van der Waals surface area contributed by atoms with Crippen LogP contribution in [0.4, 0.5) is 5.69 Å². The molecular weight excluding hydrogens is 292 g/mol. The first-order valence-electron chi connectivity index (χ1n) is 8.09. The lowest BCUT2D eigenvalue weighted by Gasteiger charge is -2.34. The normalized spacial score (nSPS) is 21.0. The summed E-state index contributed by atoms with van der Waals surface area (Å²) in [5.74, 6) is 0.428. The third-order valence-electron chi connectivity index (χ3n) is 4.17. The first kappa shape index (κ1) is 17.3. The van der Waals surface area contributed by atoms with Crippen molar-refractivity contribution in [1.29, 1.82) is 0 Å². The van der Waals surface area contributed by atoms with Crippen molar-refractivity contribution >= 4 is 17.6 Å². The molecule has 1 amide bonds. The number of amides is 1. The van der Waals surface area contributed by atoms with Crippen molar-refractivity contribution in [2.45, 2.75) is 20.3 Å². The Morgan fingerprint density at radius 1 is 1.13 bits per heavy atom. The van der Waals surface area contributed by atoms with Crippen molar-refractivity contribution < 1.29 is 14.3 Å². The van der Waals surface area contributed by atoms with Crippen LogP contribution < -0.4 is 4.90 Å². The molecule has 0 saturated carbocycles. The van der Waals surface area contributed by atoms with Crippen LogP contribution in [-0.2, 0) is 9.53 Å². The molecule has 0 spiro atoms. The predicted molar refractivity (Wildman–Crippen MR) is 90.6 cm³/mol. The van der Waals surface area contributed by atoms with Crippen LogP contribution in [0.1, 0.15) is 30.6 Å². The van der Waals surface area contributed by atoms with Crippen molar-refractivity contribution in [3.63, 3.8) is 0 Å². The first-order chi connectivity index (χ1) is 10.9. The highest BCUT2D eigenvalue weighted by molar-refractivity contribution is 5.91. The zero-order chi connectivity index (χ0) is 17.0. The van der Waals surface area contributed by atoms with Crippen LogP contribution in [0, 0.1) is 11.8 Å². The van der Waals surface area contributed by atoms with E-state index in [1.54, 1.807) is 17.0 Å². The number of hydrogen-bond acceptors (Lipinski definition) is 4. The summed E-state index contributed by atoms with van der Waals surface area (Å²) in [5, 5.41) is 0. The lowest BCUT2D eigenvalue weighted by molar-refractivity contribution is -0.137. The molecule has 1 aromatic carbocycles. The number of benzene rings is 1. The van der Waals surface area contributed by atoms with E-state index in [0.29, 0.717) is 17.4 Å². The van der Waals surface area contributed by atoms with E-state index in [1.165, 1.54) is 0 Å². The maximum absolute atomic E-state index is 12.2. The minimum absolute atomic E-state index is 0.110. The van der Waals surface area contributed by atoms with Gasteiger partial charge in [-0.25, -0.2) is 4.79 Å². The molecule has 1 saturated heterocycles. The molecule has 1 fully saturated rings. The Morgan fingerprint density at radius 2 is 1.70 bits per heavy atom.